The van der Waals surface area contributed by atoms with Crippen molar-refractivity contribution in [1.29, 1.82) is 0 Å². The molecule has 1 aromatic carbocycles. The highest BCUT2D eigenvalue weighted by atomic mass is 79.9. The number of halogens is 1. The van der Waals surface area contributed by atoms with E-state index in [1.807, 2.05) is 0 Å². The van der Waals surface area contributed by atoms with Crippen LogP contribution in [-0.2, 0) is 19.1 Å². The number of esters is 1. The van der Waals surface area contributed by atoms with Gasteiger partial charge >= 0.3 is 5.97 Å². The normalized spacial score (nSPS) is 11.6. The van der Waals surface area contributed by atoms with Crippen LogP contribution in [0.25, 0.3) is 0 Å². The van der Waals surface area contributed by atoms with E-state index in [1.165, 1.54) is 7.11 Å². The summed E-state index contributed by atoms with van der Waals surface area (Å²) in [6.07, 6.45) is -0.794. The van der Waals surface area contributed by atoms with Crippen molar-refractivity contribution < 1.29 is 23.8 Å². The van der Waals surface area contributed by atoms with E-state index in [0.717, 1.165) is 4.47 Å². The maximum Gasteiger partial charge on any atom is 0.347 e. The van der Waals surface area contributed by atoms with Crippen LogP contribution in [0.1, 0.15) is 6.92 Å². The molecule has 0 radical (unpaired) electrons. The molecule has 0 heterocycles. The molecule has 0 aliphatic carbocycles. The average Bonchev–Trinajstić information content (AvgIpc) is 2.47. The van der Waals surface area contributed by atoms with Gasteiger partial charge in [-0.25, -0.2) is 4.79 Å². The van der Waals surface area contributed by atoms with Crippen LogP contribution < -0.4 is 10.1 Å². The fourth-order valence-electron chi connectivity index (χ4n) is 1.36. The van der Waals surface area contributed by atoms with E-state index in [2.05, 4.69) is 21.2 Å². The molecule has 1 rings (SSSR count). The fourth-order valence-corrected chi connectivity index (χ4v) is 1.63. The predicted octanol–water partition coefficient (Wildman–Crippen LogP) is 1.52. The summed E-state index contributed by atoms with van der Waals surface area (Å²) in [6, 6.07) is 7.06. The Labute approximate surface area is 131 Å². The van der Waals surface area contributed by atoms with Crippen molar-refractivity contribution in [2.45, 2.75) is 13.0 Å². The van der Waals surface area contributed by atoms with Crippen molar-refractivity contribution in [3.05, 3.63) is 28.7 Å². The minimum absolute atomic E-state index is 0.337. The highest BCUT2D eigenvalue weighted by Gasteiger charge is 2.17. The Hall–Kier alpha value is -1.60. The summed E-state index contributed by atoms with van der Waals surface area (Å²) in [5.41, 5.74) is 0. The number of nitrogens with one attached hydrogen (secondary N) is 1. The summed E-state index contributed by atoms with van der Waals surface area (Å²) in [5.74, 6) is -0.428. The second kappa shape index (κ2) is 9.36. The molecule has 6 nitrogen and oxygen atoms in total. The van der Waals surface area contributed by atoms with Crippen LogP contribution in [0.15, 0.2) is 28.7 Å². The number of benzene rings is 1. The van der Waals surface area contributed by atoms with Crippen LogP contribution in [0.5, 0.6) is 5.75 Å². The average molecular weight is 360 g/mol. The van der Waals surface area contributed by atoms with E-state index in [1.54, 1.807) is 31.2 Å². The summed E-state index contributed by atoms with van der Waals surface area (Å²) in [4.78, 5) is 23.0. The summed E-state index contributed by atoms with van der Waals surface area (Å²) in [6.45, 7) is 2.00. The van der Waals surface area contributed by atoms with Gasteiger partial charge in [0.1, 0.15) is 5.75 Å². The second-order valence-electron chi connectivity index (χ2n) is 4.16. The maximum absolute atomic E-state index is 11.7. The lowest BCUT2D eigenvalue weighted by atomic mass is 10.3. The zero-order valence-electron chi connectivity index (χ0n) is 11.9. The van der Waals surface area contributed by atoms with Crippen molar-refractivity contribution in [3.63, 3.8) is 0 Å². The molecule has 1 amide bonds. The summed E-state index contributed by atoms with van der Waals surface area (Å²) in [7, 11) is 1.54. The molecular formula is C14H18BrNO5. The highest BCUT2D eigenvalue weighted by molar-refractivity contribution is 9.10. The smallest absolute Gasteiger partial charge is 0.347 e. The summed E-state index contributed by atoms with van der Waals surface area (Å²) < 4.78 is 16.0. The monoisotopic (exact) mass is 359 g/mol. The largest absolute Gasteiger partial charge is 0.479 e. The van der Waals surface area contributed by atoms with Gasteiger partial charge in [-0.3, -0.25) is 4.79 Å². The van der Waals surface area contributed by atoms with Gasteiger partial charge in [0.2, 0.25) is 0 Å². The van der Waals surface area contributed by atoms with Crippen molar-refractivity contribution in [1.82, 2.24) is 5.32 Å². The van der Waals surface area contributed by atoms with Gasteiger partial charge in [-0.2, -0.15) is 0 Å². The molecule has 0 saturated heterocycles. The molecule has 0 spiro atoms. The first-order valence-electron chi connectivity index (χ1n) is 6.37. The lowest BCUT2D eigenvalue weighted by Gasteiger charge is -2.14. The minimum atomic E-state index is -0.794. The Bertz CT molecular complexity index is 463. The lowest BCUT2D eigenvalue weighted by molar-refractivity contribution is -0.154. The second-order valence-corrected chi connectivity index (χ2v) is 5.08. The standard InChI is InChI=1S/C14H18BrNO5/c1-10(21-12-5-3-11(15)4-6-12)14(18)20-9-13(17)16-7-8-19-2/h3-6,10H,7-9H2,1-2H3,(H,16,17)/t10-/m1/s1. The van der Waals surface area contributed by atoms with Gasteiger partial charge in [-0.05, 0) is 31.2 Å². The number of methoxy groups -OCH3 is 1. The highest BCUT2D eigenvalue weighted by Crippen LogP contribution is 2.17. The third kappa shape index (κ3) is 7.10. The molecule has 1 aromatic rings. The van der Waals surface area contributed by atoms with E-state index < -0.39 is 12.1 Å². The Kier molecular flexibility index (Phi) is 7.78. The molecule has 7 heteroatoms. The molecular weight excluding hydrogens is 342 g/mol. The molecule has 0 bridgehead atoms. The maximum atomic E-state index is 11.7. The molecule has 1 N–H and O–H groups in total. The molecule has 116 valence electrons. The van der Waals surface area contributed by atoms with Crippen molar-refractivity contribution in [2.75, 3.05) is 26.9 Å². The number of carbonyl (C=O) groups is 2. The van der Waals surface area contributed by atoms with Crippen LogP contribution >= 0.6 is 15.9 Å². The first-order valence-corrected chi connectivity index (χ1v) is 7.16. The third-order valence-electron chi connectivity index (χ3n) is 2.43. The molecule has 0 aromatic heterocycles. The van der Waals surface area contributed by atoms with Crippen LogP contribution in [0.2, 0.25) is 0 Å². The molecule has 0 fully saturated rings. The summed E-state index contributed by atoms with van der Waals surface area (Å²) >= 11 is 3.31. The fraction of sp³-hybridized carbons (Fsp3) is 0.429. The van der Waals surface area contributed by atoms with Crippen LogP contribution in [-0.4, -0.2) is 44.8 Å². The number of hydrogen-bond acceptors (Lipinski definition) is 5. The Morgan fingerprint density at radius 2 is 1.95 bits per heavy atom. The topological polar surface area (TPSA) is 73.9 Å². The van der Waals surface area contributed by atoms with Gasteiger partial charge in [0, 0.05) is 18.1 Å². The molecule has 21 heavy (non-hydrogen) atoms. The zero-order chi connectivity index (χ0) is 15.7. The Balaban J connectivity index is 2.30. The molecule has 0 saturated carbocycles. The van der Waals surface area contributed by atoms with Gasteiger partial charge < -0.3 is 19.5 Å². The Morgan fingerprint density at radius 1 is 1.29 bits per heavy atom. The predicted molar refractivity (Wildman–Crippen MR) is 80.1 cm³/mol. The van der Waals surface area contributed by atoms with Gasteiger partial charge in [-0.1, -0.05) is 15.9 Å². The van der Waals surface area contributed by atoms with Gasteiger partial charge in [0.05, 0.1) is 6.61 Å². The molecule has 0 aliphatic heterocycles. The van der Waals surface area contributed by atoms with Crippen molar-refractivity contribution in [3.8, 4) is 5.75 Å². The number of amides is 1. The number of rotatable bonds is 8. The minimum Gasteiger partial charge on any atom is -0.479 e. The molecule has 0 aliphatic rings. The van der Waals surface area contributed by atoms with E-state index >= 15 is 0 Å². The third-order valence-corrected chi connectivity index (χ3v) is 2.96. The van der Waals surface area contributed by atoms with Crippen LogP contribution in [0, 0.1) is 0 Å². The van der Waals surface area contributed by atoms with Crippen LogP contribution in [0.3, 0.4) is 0 Å². The van der Waals surface area contributed by atoms with Gasteiger partial charge in [-0.15, -0.1) is 0 Å². The molecule has 0 unspecified atom stereocenters. The van der Waals surface area contributed by atoms with Crippen molar-refractivity contribution >= 4 is 27.8 Å². The molecule has 1 atom stereocenters. The van der Waals surface area contributed by atoms with E-state index in [-0.39, 0.29) is 12.5 Å². The SMILES string of the molecule is COCCNC(=O)COC(=O)[C@@H](C)Oc1ccc(Br)cc1. The van der Waals surface area contributed by atoms with E-state index in [0.29, 0.717) is 18.9 Å². The first-order chi connectivity index (χ1) is 10.0. The van der Waals surface area contributed by atoms with E-state index in [4.69, 9.17) is 14.2 Å². The zero-order valence-corrected chi connectivity index (χ0v) is 13.5. The number of carbonyl (C=O) groups excluding carboxylic acids is 2. The Morgan fingerprint density at radius 3 is 2.57 bits per heavy atom. The number of ether oxygens (including phenoxy) is 3. The number of hydrogen-bond donors (Lipinski definition) is 1. The summed E-state index contributed by atoms with van der Waals surface area (Å²) in [5, 5.41) is 2.55. The van der Waals surface area contributed by atoms with E-state index in [9.17, 15) is 9.59 Å². The van der Waals surface area contributed by atoms with Crippen molar-refractivity contribution in [2.24, 2.45) is 0 Å². The lowest BCUT2D eigenvalue weighted by Crippen LogP contribution is -2.34. The van der Waals surface area contributed by atoms with Gasteiger partial charge in [0.25, 0.3) is 5.91 Å². The van der Waals surface area contributed by atoms with Crippen LogP contribution in [0.4, 0.5) is 0 Å². The quantitative estimate of drug-likeness (QED) is 0.562. The van der Waals surface area contributed by atoms with Gasteiger partial charge in [0.15, 0.2) is 12.7 Å². The first kappa shape index (κ1) is 17.5.